The van der Waals surface area contributed by atoms with Crippen molar-refractivity contribution < 1.29 is 9.53 Å². The van der Waals surface area contributed by atoms with E-state index < -0.39 is 6.10 Å². The number of carbonyl (C=O) groups is 1. The van der Waals surface area contributed by atoms with Gasteiger partial charge >= 0.3 is 0 Å². The fourth-order valence-corrected chi connectivity index (χ4v) is 3.43. The zero-order valence-electron chi connectivity index (χ0n) is 15.3. The maximum absolute atomic E-state index is 12.5. The summed E-state index contributed by atoms with van der Waals surface area (Å²) in [4.78, 5) is 12.5. The van der Waals surface area contributed by atoms with Crippen molar-refractivity contribution in [2.24, 2.45) is 0 Å². The molecule has 0 spiro atoms. The van der Waals surface area contributed by atoms with E-state index in [1.807, 2.05) is 31.2 Å². The summed E-state index contributed by atoms with van der Waals surface area (Å²) < 4.78 is 5.90. The lowest BCUT2D eigenvalue weighted by atomic mass is 10.0. The fourth-order valence-electron chi connectivity index (χ4n) is 3.43. The van der Waals surface area contributed by atoms with Gasteiger partial charge in [0.25, 0.3) is 5.91 Å². The van der Waals surface area contributed by atoms with Gasteiger partial charge in [-0.1, -0.05) is 43.3 Å². The summed E-state index contributed by atoms with van der Waals surface area (Å²) in [7, 11) is 0. The van der Waals surface area contributed by atoms with Crippen LogP contribution < -0.4 is 10.1 Å². The Labute approximate surface area is 150 Å². The van der Waals surface area contributed by atoms with E-state index in [-0.39, 0.29) is 11.9 Å². The summed E-state index contributed by atoms with van der Waals surface area (Å²) in [5, 5.41) is 3.08. The van der Waals surface area contributed by atoms with Crippen molar-refractivity contribution in [1.82, 2.24) is 5.32 Å². The third kappa shape index (κ3) is 4.04. The third-order valence-corrected chi connectivity index (χ3v) is 5.01. The van der Waals surface area contributed by atoms with Crippen LogP contribution in [0, 0.1) is 0 Å². The number of para-hydroxylation sites is 1. The number of benzene rings is 2. The van der Waals surface area contributed by atoms with Crippen LogP contribution in [0.3, 0.4) is 0 Å². The van der Waals surface area contributed by atoms with E-state index in [0.29, 0.717) is 0 Å². The summed E-state index contributed by atoms with van der Waals surface area (Å²) in [5.41, 5.74) is 5.17. The highest BCUT2D eigenvalue weighted by molar-refractivity contribution is 5.81. The molecule has 25 heavy (non-hydrogen) atoms. The Bertz CT molecular complexity index is 753. The highest BCUT2D eigenvalue weighted by atomic mass is 16.5. The first-order valence-corrected chi connectivity index (χ1v) is 9.25. The number of rotatable bonds is 6. The topological polar surface area (TPSA) is 38.3 Å². The van der Waals surface area contributed by atoms with Crippen molar-refractivity contribution in [3.05, 3.63) is 64.7 Å². The SMILES string of the molecule is CCc1ccccc1O[C@@H](C)C(=O)N[C@H](C)c1ccc2c(c1)CCC2. The van der Waals surface area contributed by atoms with Crippen molar-refractivity contribution in [2.75, 3.05) is 0 Å². The number of carbonyl (C=O) groups excluding carboxylic acids is 1. The van der Waals surface area contributed by atoms with Gasteiger partial charge in [0.15, 0.2) is 6.10 Å². The Morgan fingerprint density at radius 3 is 2.68 bits per heavy atom. The molecular weight excluding hydrogens is 310 g/mol. The summed E-state index contributed by atoms with van der Waals surface area (Å²) in [5.74, 6) is 0.705. The molecule has 0 heterocycles. The standard InChI is InChI=1S/C22H27NO2/c1-4-17-8-5-6-11-21(17)25-16(3)22(24)23-15(2)19-13-12-18-9-7-10-20(18)14-19/h5-6,8,11-16H,4,7,9-10H2,1-3H3,(H,23,24)/t15-,16+/m1/s1. The first-order chi connectivity index (χ1) is 12.1. The molecule has 0 aliphatic heterocycles. The second-order valence-electron chi connectivity index (χ2n) is 6.83. The molecule has 1 N–H and O–H groups in total. The Kier molecular flexibility index (Phi) is 5.42. The Morgan fingerprint density at radius 1 is 1.12 bits per heavy atom. The number of aryl methyl sites for hydroxylation is 3. The number of amides is 1. The molecule has 0 aromatic heterocycles. The molecule has 3 heteroatoms. The Hall–Kier alpha value is -2.29. The van der Waals surface area contributed by atoms with Crippen LogP contribution in [0.25, 0.3) is 0 Å². The largest absolute Gasteiger partial charge is 0.481 e. The lowest BCUT2D eigenvalue weighted by Gasteiger charge is -2.20. The second-order valence-corrected chi connectivity index (χ2v) is 6.83. The molecule has 0 bridgehead atoms. The van der Waals surface area contributed by atoms with Crippen molar-refractivity contribution in [2.45, 2.75) is 58.6 Å². The molecule has 2 aromatic rings. The minimum absolute atomic E-state index is 0.0223. The van der Waals surface area contributed by atoms with E-state index in [1.54, 1.807) is 6.92 Å². The van der Waals surface area contributed by atoms with Gasteiger partial charge < -0.3 is 10.1 Å². The van der Waals surface area contributed by atoms with Crippen molar-refractivity contribution in [3.63, 3.8) is 0 Å². The van der Waals surface area contributed by atoms with E-state index in [9.17, 15) is 4.79 Å². The van der Waals surface area contributed by atoms with Crippen LogP contribution in [-0.2, 0) is 24.1 Å². The van der Waals surface area contributed by atoms with Gasteiger partial charge in [-0.25, -0.2) is 0 Å². The van der Waals surface area contributed by atoms with E-state index in [1.165, 1.54) is 24.0 Å². The quantitative estimate of drug-likeness (QED) is 0.849. The highest BCUT2D eigenvalue weighted by Gasteiger charge is 2.20. The summed E-state index contributed by atoms with van der Waals surface area (Å²) in [6, 6.07) is 14.4. The predicted molar refractivity (Wildman–Crippen MR) is 101 cm³/mol. The van der Waals surface area contributed by atoms with Crippen LogP contribution in [0.5, 0.6) is 5.75 Å². The van der Waals surface area contributed by atoms with E-state index in [0.717, 1.165) is 29.7 Å². The molecule has 2 atom stereocenters. The lowest BCUT2D eigenvalue weighted by Crippen LogP contribution is -2.37. The van der Waals surface area contributed by atoms with Gasteiger partial charge in [0, 0.05) is 0 Å². The number of ether oxygens (including phenoxy) is 1. The van der Waals surface area contributed by atoms with Gasteiger partial charge in [-0.2, -0.15) is 0 Å². The van der Waals surface area contributed by atoms with Crippen molar-refractivity contribution >= 4 is 5.91 Å². The van der Waals surface area contributed by atoms with Crippen LogP contribution in [0.4, 0.5) is 0 Å². The van der Waals surface area contributed by atoms with E-state index in [2.05, 4.69) is 30.4 Å². The maximum Gasteiger partial charge on any atom is 0.261 e. The van der Waals surface area contributed by atoms with Gasteiger partial charge in [-0.15, -0.1) is 0 Å². The molecule has 1 aliphatic carbocycles. The first-order valence-electron chi connectivity index (χ1n) is 9.25. The molecule has 0 fully saturated rings. The molecule has 0 radical (unpaired) electrons. The minimum Gasteiger partial charge on any atom is -0.481 e. The van der Waals surface area contributed by atoms with Crippen molar-refractivity contribution in [1.29, 1.82) is 0 Å². The molecule has 0 saturated heterocycles. The number of fused-ring (bicyclic) bond motifs is 1. The van der Waals surface area contributed by atoms with Crippen LogP contribution in [-0.4, -0.2) is 12.0 Å². The number of hydrogen-bond acceptors (Lipinski definition) is 2. The summed E-state index contributed by atoms with van der Waals surface area (Å²) >= 11 is 0. The molecule has 132 valence electrons. The average Bonchev–Trinajstić information content (AvgIpc) is 3.09. The predicted octanol–water partition coefficient (Wildman–Crippen LogP) is 4.38. The molecule has 0 unspecified atom stereocenters. The van der Waals surface area contributed by atoms with E-state index >= 15 is 0 Å². The van der Waals surface area contributed by atoms with Crippen LogP contribution in [0.1, 0.15) is 55.5 Å². The fraction of sp³-hybridized carbons (Fsp3) is 0.409. The summed E-state index contributed by atoms with van der Waals surface area (Å²) in [6.07, 6.45) is 3.93. The second kappa shape index (κ2) is 7.73. The third-order valence-electron chi connectivity index (χ3n) is 5.01. The normalized spacial score (nSPS) is 15.3. The van der Waals surface area contributed by atoms with Crippen molar-refractivity contribution in [3.8, 4) is 5.75 Å². The molecule has 3 nitrogen and oxygen atoms in total. The smallest absolute Gasteiger partial charge is 0.261 e. The van der Waals surface area contributed by atoms with Gasteiger partial charge in [-0.05, 0) is 67.9 Å². The lowest BCUT2D eigenvalue weighted by molar-refractivity contribution is -0.127. The first kappa shape index (κ1) is 17.5. The monoisotopic (exact) mass is 337 g/mol. The van der Waals surface area contributed by atoms with Crippen LogP contribution in [0.2, 0.25) is 0 Å². The maximum atomic E-state index is 12.5. The number of nitrogens with one attached hydrogen (secondary N) is 1. The number of hydrogen-bond donors (Lipinski definition) is 1. The zero-order chi connectivity index (χ0) is 17.8. The Morgan fingerprint density at radius 2 is 1.88 bits per heavy atom. The van der Waals surface area contributed by atoms with Crippen LogP contribution in [0.15, 0.2) is 42.5 Å². The van der Waals surface area contributed by atoms with Crippen LogP contribution >= 0.6 is 0 Å². The molecule has 0 saturated carbocycles. The van der Waals surface area contributed by atoms with Gasteiger partial charge in [0.2, 0.25) is 0 Å². The van der Waals surface area contributed by atoms with Gasteiger partial charge in [0.05, 0.1) is 6.04 Å². The zero-order valence-corrected chi connectivity index (χ0v) is 15.3. The average molecular weight is 337 g/mol. The molecule has 1 aliphatic rings. The van der Waals surface area contributed by atoms with Gasteiger partial charge in [-0.3, -0.25) is 4.79 Å². The minimum atomic E-state index is -0.524. The Balaban J connectivity index is 1.63. The molecule has 1 amide bonds. The molecule has 2 aromatic carbocycles. The summed E-state index contributed by atoms with van der Waals surface area (Å²) in [6.45, 7) is 5.92. The van der Waals surface area contributed by atoms with Gasteiger partial charge in [0.1, 0.15) is 5.75 Å². The highest BCUT2D eigenvalue weighted by Crippen LogP contribution is 2.25. The van der Waals surface area contributed by atoms with E-state index in [4.69, 9.17) is 4.74 Å². The molecule has 3 rings (SSSR count). The molecular formula is C22H27NO2.